The zero-order valence-electron chi connectivity index (χ0n) is 18.6. The lowest BCUT2D eigenvalue weighted by molar-refractivity contribution is -0.384. The fourth-order valence-electron chi connectivity index (χ4n) is 5.82. The van der Waals surface area contributed by atoms with E-state index in [0.29, 0.717) is 13.0 Å². The van der Waals surface area contributed by atoms with Crippen molar-refractivity contribution in [3.05, 3.63) is 106 Å². The molecule has 2 aliphatic heterocycles. The molecule has 1 amide bonds. The standard InChI is InChI=1S/C28H24N2O4/c31-28(34-17-27-25-10-3-1-8-23(25)24-9-2-4-11-26(24)27)29-20-12-13-21(29)16-19(15-20)18-6-5-7-22(14-18)30(32)33/h1-11,14-15,20-21,27H,12-13,16-17H2. The summed E-state index contributed by atoms with van der Waals surface area (Å²) in [5.74, 6) is 0.0368. The average Bonchev–Trinajstić information content (AvgIpc) is 3.33. The lowest BCUT2D eigenvalue weighted by Crippen LogP contribution is -2.43. The van der Waals surface area contributed by atoms with Crippen molar-refractivity contribution < 1.29 is 14.5 Å². The van der Waals surface area contributed by atoms with Crippen LogP contribution in [-0.4, -0.2) is 34.6 Å². The number of fused-ring (bicyclic) bond motifs is 5. The second-order valence-corrected chi connectivity index (χ2v) is 9.21. The molecule has 6 heteroatoms. The third-order valence-electron chi connectivity index (χ3n) is 7.37. The Morgan fingerprint density at radius 2 is 1.68 bits per heavy atom. The van der Waals surface area contributed by atoms with Gasteiger partial charge in [0.25, 0.3) is 5.69 Å². The second kappa shape index (κ2) is 8.13. The molecule has 6 nitrogen and oxygen atoms in total. The van der Waals surface area contributed by atoms with Crippen LogP contribution in [0.4, 0.5) is 10.5 Å². The molecule has 3 aromatic rings. The van der Waals surface area contributed by atoms with Crippen molar-refractivity contribution in [3.63, 3.8) is 0 Å². The molecule has 0 spiro atoms. The van der Waals surface area contributed by atoms with Crippen molar-refractivity contribution in [2.75, 3.05) is 6.61 Å². The number of hydrogen-bond donors (Lipinski definition) is 0. The third-order valence-corrected chi connectivity index (χ3v) is 7.37. The number of benzene rings is 3. The smallest absolute Gasteiger partial charge is 0.410 e. The molecule has 0 aromatic heterocycles. The summed E-state index contributed by atoms with van der Waals surface area (Å²) in [5, 5.41) is 11.2. The molecule has 1 fully saturated rings. The second-order valence-electron chi connectivity index (χ2n) is 9.21. The van der Waals surface area contributed by atoms with Gasteiger partial charge < -0.3 is 4.74 Å². The minimum atomic E-state index is -0.371. The van der Waals surface area contributed by atoms with E-state index in [2.05, 4.69) is 30.3 Å². The molecule has 3 aromatic carbocycles. The zero-order chi connectivity index (χ0) is 23.2. The maximum atomic E-state index is 13.2. The summed E-state index contributed by atoms with van der Waals surface area (Å²) in [6.45, 7) is 0.310. The van der Waals surface area contributed by atoms with Crippen LogP contribution < -0.4 is 0 Å². The van der Waals surface area contributed by atoms with Crippen molar-refractivity contribution in [2.45, 2.75) is 37.3 Å². The maximum absolute atomic E-state index is 13.2. The average molecular weight is 453 g/mol. The minimum Gasteiger partial charge on any atom is -0.448 e. The van der Waals surface area contributed by atoms with Gasteiger partial charge in [0.05, 0.1) is 11.0 Å². The first-order valence-corrected chi connectivity index (χ1v) is 11.7. The number of hydrogen-bond acceptors (Lipinski definition) is 4. The van der Waals surface area contributed by atoms with Gasteiger partial charge in [-0.3, -0.25) is 15.0 Å². The molecular weight excluding hydrogens is 428 g/mol. The highest BCUT2D eigenvalue weighted by Gasteiger charge is 2.41. The van der Waals surface area contributed by atoms with Crippen molar-refractivity contribution in [2.24, 2.45) is 0 Å². The number of carbonyl (C=O) groups excluding carboxylic acids is 1. The molecule has 170 valence electrons. The predicted octanol–water partition coefficient (Wildman–Crippen LogP) is 6.16. The Kier molecular flexibility index (Phi) is 4.94. The molecule has 6 rings (SSSR count). The van der Waals surface area contributed by atoms with Gasteiger partial charge in [0.2, 0.25) is 0 Å². The maximum Gasteiger partial charge on any atom is 0.410 e. The summed E-state index contributed by atoms with van der Waals surface area (Å²) in [7, 11) is 0. The number of rotatable bonds is 4. The molecule has 1 aliphatic carbocycles. The number of amides is 1. The molecule has 3 aliphatic rings. The number of nitrogens with zero attached hydrogens (tertiary/aromatic N) is 2. The van der Waals surface area contributed by atoms with Crippen LogP contribution in [0.15, 0.2) is 78.9 Å². The highest BCUT2D eigenvalue weighted by atomic mass is 16.6. The van der Waals surface area contributed by atoms with Crippen LogP contribution >= 0.6 is 0 Å². The SMILES string of the molecule is O=C(OCC1c2ccccc2-c2ccccc21)N1C2C=C(c3cccc([N+](=O)[O-])c3)CC1CC2. The van der Waals surface area contributed by atoms with Crippen LogP contribution in [0.1, 0.15) is 41.9 Å². The summed E-state index contributed by atoms with van der Waals surface area (Å²) < 4.78 is 5.92. The fourth-order valence-corrected chi connectivity index (χ4v) is 5.82. The number of non-ortho nitro benzene ring substituents is 1. The van der Waals surface area contributed by atoms with E-state index in [-0.39, 0.29) is 34.7 Å². The van der Waals surface area contributed by atoms with Crippen molar-refractivity contribution in [1.82, 2.24) is 4.90 Å². The van der Waals surface area contributed by atoms with E-state index in [4.69, 9.17) is 4.74 Å². The minimum absolute atomic E-state index is 0.0368. The number of nitro benzene ring substituents is 1. The Balaban J connectivity index is 1.20. The van der Waals surface area contributed by atoms with Crippen molar-refractivity contribution >= 4 is 17.4 Å². The quantitative estimate of drug-likeness (QED) is 0.351. The monoisotopic (exact) mass is 452 g/mol. The Hall–Kier alpha value is -3.93. The van der Waals surface area contributed by atoms with Crippen LogP contribution in [0, 0.1) is 10.1 Å². The lowest BCUT2D eigenvalue weighted by atomic mass is 9.94. The van der Waals surface area contributed by atoms with E-state index in [1.807, 2.05) is 35.2 Å². The summed E-state index contributed by atoms with van der Waals surface area (Å²) >= 11 is 0. The Morgan fingerprint density at radius 3 is 2.35 bits per heavy atom. The zero-order valence-corrected chi connectivity index (χ0v) is 18.6. The van der Waals surface area contributed by atoms with Gasteiger partial charge in [-0.25, -0.2) is 4.79 Å². The van der Waals surface area contributed by atoms with E-state index in [1.54, 1.807) is 12.1 Å². The first kappa shape index (κ1) is 20.7. The molecule has 2 unspecified atom stereocenters. The van der Waals surface area contributed by atoms with Crippen LogP contribution in [0.2, 0.25) is 0 Å². The molecule has 0 N–H and O–H groups in total. The predicted molar refractivity (Wildman–Crippen MR) is 129 cm³/mol. The van der Waals surface area contributed by atoms with Gasteiger partial charge >= 0.3 is 6.09 Å². The van der Waals surface area contributed by atoms with E-state index < -0.39 is 0 Å². The highest BCUT2D eigenvalue weighted by Crippen LogP contribution is 2.45. The fraction of sp³-hybridized carbons (Fsp3) is 0.250. The highest BCUT2D eigenvalue weighted by molar-refractivity contribution is 5.79. The normalized spacial score (nSPS) is 20.5. The number of ether oxygens (including phenoxy) is 1. The first-order valence-electron chi connectivity index (χ1n) is 11.7. The summed E-state index contributed by atoms with van der Waals surface area (Å²) in [4.78, 5) is 25.9. The molecule has 34 heavy (non-hydrogen) atoms. The largest absolute Gasteiger partial charge is 0.448 e. The molecule has 1 saturated heterocycles. The van der Waals surface area contributed by atoms with Crippen molar-refractivity contribution in [3.8, 4) is 11.1 Å². The molecule has 2 bridgehead atoms. The van der Waals surface area contributed by atoms with Crippen LogP contribution in [0.25, 0.3) is 16.7 Å². The number of nitro groups is 1. The summed E-state index contributed by atoms with van der Waals surface area (Å²) in [6, 6.07) is 23.4. The molecule has 0 radical (unpaired) electrons. The summed E-state index contributed by atoms with van der Waals surface area (Å²) in [5.41, 5.74) is 6.84. The van der Waals surface area contributed by atoms with Gasteiger partial charge in [-0.1, -0.05) is 66.7 Å². The van der Waals surface area contributed by atoms with E-state index in [9.17, 15) is 14.9 Å². The van der Waals surface area contributed by atoms with E-state index in [0.717, 1.165) is 24.0 Å². The molecule has 0 saturated carbocycles. The topological polar surface area (TPSA) is 72.7 Å². The van der Waals surface area contributed by atoms with E-state index in [1.165, 1.54) is 28.3 Å². The van der Waals surface area contributed by atoms with Gasteiger partial charge in [-0.2, -0.15) is 0 Å². The summed E-state index contributed by atoms with van der Waals surface area (Å²) in [6.07, 6.45) is 4.28. The van der Waals surface area contributed by atoms with E-state index >= 15 is 0 Å². The van der Waals surface area contributed by atoms with Crippen LogP contribution in [-0.2, 0) is 4.74 Å². The Labute approximate surface area is 197 Å². The lowest BCUT2D eigenvalue weighted by Gasteiger charge is -2.33. The Morgan fingerprint density at radius 1 is 0.971 bits per heavy atom. The molecule has 2 heterocycles. The molecule has 2 atom stereocenters. The third kappa shape index (κ3) is 3.37. The van der Waals surface area contributed by atoms with Gasteiger partial charge in [-0.15, -0.1) is 0 Å². The number of carbonyl (C=O) groups is 1. The first-order chi connectivity index (χ1) is 16.6. The van der Waals surface area contributed by atoms with Crippen molar-refractivity contribution in [1.29, 1.82) is 0 Å². The molecular formula is C28H24N2O4. The van der Waals surface area contributed by atoms with Crippen LogP contribution in [0.3, 0.4) is 0 Å². The van der Waals surface area contributed by atoms with Crippen LogP contribution in [0.5, 0.6) is 0 Å². The van der Waals surface area contributed by atoms with Gasteiger partial charge in [0.15, 0.2) is 0 Å². The van der Waals surface area contributed by atoms with Gasteiger partial charge in [0, 0.05) is 24.1 Å². The van der Waals surface area contributed by atoms with Gasteiger partial charge in [-0.05, 0) is 52.7 Å². The van der Waals surface area contributed by atoms with Gasteiger partial charge in [0.1, 0.15) is 6.61 Å². The Bertz CT molecular complexity index is 1290.